The molecular weight excluding hydrogens is 328 g/mol. The van der Waals surface area contributed by atoms with Crippen molar-refractivity contribution in [1.29, 1.82) is 0 Å². The molecule has 7 heteroatoms. The Morgan fingerprint density at radius 1 is 1.08 bits per heavy atom. The molecule has 2 rings (SSSR count). The summed E-state index contributed by atoms with van der Waals surface area (Å²) >= 11 is 1.52. The lowest BCUT2D eigenvalue weighted by Gasteiger charge is -2.17. The molecule has 0 unspecified atom stereocenters. The van der Waals surface area contributed by atoms with Crippen LogP contribution in [0.5, 0.6) is 17.2 Å². The first-order valence-corrected chi connectivity index (χ1v) is 8.39. The van der Waals surface area contributed by atoms with Gasteiger partial charge in [0.15, 0.2) is 11.5 Å². The Labute approximate surface area is 144 Å². The zero-order valence-electron chi connectivity index (χ0n) is 14.3. The fraction of sp³-hybridized carbons (Fsp3) is 0.294. The number of thioether (sulfide) groups is 1. The molecule has 6 nitrogen and oxygen atoms in total. The minimum absolute atomic E-state index is 0.227. The minimum Gasteiger partial charge on any atom is -0.495 e. The average Bonchev–Trinajstić information content (AvgIpc) is 2.59. The Morgan fingerprint density at radius 2 is 1.79 bits per heavy atom. The third-order valence-corrected chi connectivity index (χ3v) is 4.27. The van der Waals surface area contributed by atoms with Gasteiger partial charge in [-0.25, -0.2) is 5.10 Å². The van der Waals surface area contributed by atoms with Crippen molar-refractivity contribution in [3.8, 4) is 17.2 Å². The number of aromatic amines is 1. The van der Waals surface area contributed by atoms with Crippen LogP contribution in [0.15, 0.2) is 21.8 Å². The molecule has 0 fully saturated rings. The van der Waals surface area contributed by atoms with E-state index >= 15 is 0 Å². The number of benzene rings is 1. The molecule has 0 aliphatic carbocycles. The van der Waals surface area contributed by atoms with Crippen LogP contribution in [0.3, 0.4) is 0 Å². The number of ether oxygens (including phenoxy) is 3. The molecule has 0 bridgehead atoms. The van der Waals surface area contributed by atoms with Crippen molar-refractivity contribution < 1.29 is 14.2 Å². The Bertz CT molecular complexity index is 815. The van der Waals surface area contributed by atoms with Crippen molar-refractivity contribution in [1.82, 2.24) is 10.2 Å². The number of H-pyrrole nitrogens is 1. The number of hydrogen-bond donors (Lipinski definition) is 1. The lowest BCUT2D eigenvalue weighted by Crippen LogP contribution is -2.08. The van der Waals surface area contributed by atoms with E-state index in [1.54, 1.807) is 27.4 Å². The van der Waals surface area contributed by atoms with Gasteiger partial charge in [0.25, 0.3) is 5.56 Å². The van der Waals surface area contributed by atoms with E-state index < -0.39 is 0 Å². The lowest BCUT2D eigenvalue weighted by molar-refractivity contribution is 0.337. The summed E-state index contributed by atoms with van der Waals surface area (Å²) in [4.78, 5) is 12.1. The highest BCUT2D eigenvalue weighted by Crippen LogP contribution is 2.46. The zero-order chi connectivity index (χ0) is 17.7. The van der Waals surface area contributed by atoms with E-state index in [-0.39, 0.29) is 5.56 Å². The maximum atomic E-state index is 11.3. The highest BCUT2D eigenvalue weighted by molar-refractivity contribution is 7.98. The molecule has 1 aromatic carbocycles. The lowest BCUT2D eigenvalue weighted by atomic mass is 10.1. The van der Waals surface area contributed by atoms with Crippen molar-refractivity contribution in [3.05, 3.63) is 39.3 Å². The van der Waals surface area contributed by atoms with Gasteiger partial charge >= 0.3 is 0 Å². The summed E-state index contributed by atoms with van der Waals surface area (Å²) in [5.41, 5.74) is 2.02. The maximum Gasteiger partial charge on any atom is 0.264 e. The van der Waals surface area contributed by atoms with Gasteiger partial charge in [-0.1, -0.05) is 0 Å². The first-order valence-electron chi connectivity index (χ1n) is 7.17. The van der Waals surface area contributed by atoms with Gasteiger partial charge < -0.3 is 14.2 Å². The van der Waals surface area contributed by atoms with Gasteiger partial charge in [0.1, 0.15) is 5.75 Å². The van der Waals surface area contributed by atoms with E-state index in [0.717, 1.165) is 16.0 Å². The molecule has 0 radical (unpaired) electrons. The number of rotatable bonds is 6. The second-order valence-corrected chi connectivity index (χ2v) is 5.72. The summed E-state index contributed by atoms with van der Waals surface area (Å²) in [6.45, 7) is 1.83. The largest absolute Gasteiger partial charge is 0.495 e. The highest BCUT2D eigenvalue weighted by atomic mass is 32.2. The standard InChI is InChI=1S/C17H20N2O4S/c1-10-8-14(20)19-18-12(10)7-6-11-9-13(21-2)17(24-5)16(23-4)15(11)22-3/h6-9H,1-5H3,(H,19,20). The molecule has 0 saturated heterocycles. The second-order valence-electron chi connectivity index (χ2n) is 4.90. The summed E-state index contributed by atoms with van der Waals surface area (Å²) in [7, 11) is 4.80. The van der Waals surface area contributed by atoms with E-state index in [0.29, 0.717) is 22.9 Å². The molecule has 24 heavy (non-hydrogen) atoms. The molecule has 0 spiro atoms. The topological polar surface area (TPSA) is 73.4 Å². The Morgan fingerprint density at radius 3 is 2.33 bits per heavy atom. The number of aromatic nitrogens is 2. The van der Waals surface area contributed by atoms with Crippen LogP contribution in [0.2, 0.25) is 0 Å². The van der Waals surface area contributed by atoms with Gasteiger partial charge in [-0.05, 0) is 37.0 Å². The third kappa shape index (κ3) is 3.56. The minimum atomic E-state index is -0.227. The Kier molecular flexibility index (Phi) is 5.92. The number of nitrogens with zero attached hydrogens (tertiary/aromatic N) is 1. The molecule has 1 N–H and O–H groups in total. The Hall–Kier alpha value is -2.41. The number of hydrogen-bond acceptors (Lipinski definition) is 6. The highest BCUT2D eigenvalue weighted by Gasteiger charge is 2.19. The maximum absolute atomic E-state index is 11.3. The SMILES string of the molecule is COc1cc(C=Cc2n[nH]c(=O)cc2C)c(OC)c(OC)c1SC. The van der Waals surface area contributed by atoms with E-state index in [9.17, 15) is 4.79 Å². The first-order chi connectivity index (χ1) is 11.5. The number of nitrogens with one attached hydrogen (secondary N) is 1. The van der Waals surface area contributed by atoms with Gasteiger partial charge in [-0.2, -0.15) is 5.10 Å². The van der Waals surface area contributed by atoms with Crippen LogP contribution in [0.4, 0.5) is 0 Å². The predicted molar refractivity (Wildman–Crippen MR) is 96.4 cm³/mol. The molecule has 2 aromatic rings. The van der Waals surface area contributed by atoms with Crippen LogP contribution < -0.4 is 19.8 Å². The fourth-order valence-electron chi connectivity index (χ4n) is 2.33. The summed E-state index contributed by atoms with van der Waals surface area (Å²) in [5.74, 6) is 1.93. The molecular formula is C17H20N2O4S. The summed E-state index contributed by atoms with van der Waals surface area (Å²) in [6.07, 6.45) is 5.60. The normalized spacial score (nSPS) is 10.9. The Balaban J connectivity index is 2.56. The molecule has 0 amide bonds. The van der Waals surface area contributed by atoms with Crippen LogP contribution >= 0.6 is 11.8 Å². The van der Waals surface area contributed by atoms with Crippen LogP contribution in [0, 0.1) is 6.92 Å². The van der Waals surface area contributed by atoms with E-state index in [4.69, 9.17) is 14.2 Å². The molecule has 1 heterocycles. The van der Waals surface area contributed by atoms with E-state index in [1.165, 1.54) is 17.8 Å². The molecule has 0 atom stereocenters. The molecule has 128 valence electrons. The quantitative estimate of drug-likeness (QED) is 0.809. The number of aryl methyl sites for hydroxylation is 1. The van der Waals surface area contributed by atoms with Crippen molar-refractivity contribution in [2.75, 3.05) is 27.6 Å². The van der Waals surface area contributed by atoms with Gasteiger partial charge in [0.05, 0.1) is 31.9 Å². The molecule has 0 aliphatic rings. The summed E-state index contributed by atoms with van der Waals surface area (Å²) in [5, 5.41) is 6.46. The van der Waals surface area contributed by atoms with E-state index in [2.05, 4.69) is 10.2 Å². The second kappa shape index (κ2) is 7.92. The van der Waals surface area contributed by atoms with Crippen LogP contribution in [-0.2, 0) is 0 Å². The van der Waals surface area contributed by atoms with Gasteiger partial charge in [0.2, 0.25) is 0 Å². The molecule has 0 aliphatic heterocycles. The van der Waals surface area contributed by atoms with Gasteiger partial charge in [-0.3, -0.25) is 4.79 Å². The predicted octanol–water partition coefficient (Wildman–Crippen LogP) is 3.00. The van der Waals surface area contributed by atoms with Crippen molar-refractivity contribution in [2.45, 2.75) is 11.8 Å². The van der Waals surface area contributed by atoms with Gasteiger partial charge in [0, 0.05) is 11.6 Å². The van der Waals surface area contributed by atoms with Crippen molar-refractivity contribution >= 4 is 23.9 Å². The van der Waals surface area contributed by atoms with Crippen LogP contribution in [0.25, 0.3) is 12.2 Å². The summed E-state index contributed by atoms with van der Waals surface area (Å²) < 4.78 is 16.5. The fourth-order valence-corrected chi connectivity index (χ4v) is 3.03. The van der Waals surface area contributed by atoms with Crippen LogP contribution in [-0.4, -0.2) is 37.8 Å². The first kappa shape index (κ1) is 17.9. The molecule has 1 aromatic heterocycles. The van der Waals surface area contributed by atoms with Crippen LogP contribution in [0.1, 0.15) is 16.8 Å². The van der Waals surface area contributed by atoms with E-state index in [1.807, 2.05) is 25.3 Å². The monoisotopic (exact) mass is 348 g/mol. The van der Waals surface area contributed by atoms with Gasteiger partial charge in [-0.15, -0.1) is 11.8 Å². The molecule has 0 saturated carbocycles. The third-order valence-electron chi connectivity index (χ3n) is 3.48. The van der Waals surface area contributed by atoms with Crippen molar-refractivity contribution in [2.24, 2.45) is 0 Å². The number of methoxy groups -OCH3 is 3. The zero-order valence-corrected chi connectivity index (χ0v) is 15.1. The summed E-state index contributed by atoms with van der Waals surface area (Å²) in [6, 6.07) is 3.38. The average molecular weight is 348 g/mol. The van der Waals surface area contributed by atoms with Crippen molar-refractivity contribution in [3.63, 3.8) is 0 Å². The smallest absolute Gasteiger partial charge is 0.264 e.